The molecular formula is C20H22N4OS. The first-order valence-electron chi connectivity index (χ1n) is 9.14. The molecule has 0 saturated carbocycles. The van der Waals surface area contributed by atoms with Gasteiger partial charge < -0.3 is 5.32 Å². The van der Waals surface area contributed by atoms with Gasteiger partial charge in [-0.15, -0.1) is 11.3 Å². The van der Waals surface area contributed by atoms with E-state index in [-0.39, 0.29) is 5.91 Å². The molecule has 0 unspecified atom stereocenters. The molecule has 1 amide bonds. The van der Waals surface area contributed by atoms with Gasteiger partial charge in [0.1, 0.15) is 0 Å². The van der Waals surface area contributed by atoms with Gasteiger partial charge in [-0.2, -0.15) is 5.10 Å². The number of rotatable bonds is 4. The van der Waals surface area contributed by atoms with Crippen LogP contribution < -0.4 is 5.32 Å². The van der Waals surface area contributed by atoms with Crippen LogP contribution in [0.15, 0.2) is 42.7 Å². The summed E-state index contributed by atoms with van der Waals surface area (Å²) in [7, 11) is 0. The van der Waals surface area contributed by atoms with E-state index >= 15 is 0 Å². The van der Waals surface area contributed by atoms with E-state index in [0.717, 1.165) is 23.4 Å². The highest BCUT2D eigenvalue weighted by Gasteiger charge is 2.16. The van der Waals surface area contributed by atoms with Crippen molar-refractivity contribution in [1.29, 1.82) is 0 Å². The van der Waals surface area contributed by atoms with Crippen molar-refractivity contribution in [3.63, 3.8) is 0 Å². The third-order valence-electron chi connectivity index (χ3n) is 4.65. The number of aromatic nitrogens is 3. The number of carbonyl (C=O) groups is 1. The molecule has 3 aromatic rings. The van der Waals surface area contributed by atoms with Gasteiger partial charge >= 0.3 is 0 Å². The van der Waals surface area contributed by atoms with Gasteiger partial charge in [0.25, 0.3) is 5.91 Å². The van der Waals surface area contributed by atoms with E-state index in [1.807, 2.05) is 30.5 Å². The Morgan fingerprint density at radius 3 is 2.88 bits per heavy atom. The first-order chi connectivity index (χ1) is 12.8. The lowest BCUT2D eigenvalue weighted by Crippen LogP contribution is -2.11. The van der Waals surface area contributed by atoms with Crippen LogP contribution in [0, 0.1) is 0 Å². The van der Waals surface area contributed by atoms with Crippen molar-refractivity contribution in [1.82, 2.24) is 14.8 Å². The predicted molar refractivity (Wildman–Crippen MR) is 104 cm³/mol. The van der Waals surface area contributed by atoms with E-state index in [1.54, 1.807) is 22.2 Å². The van der Waals surface area contributed by atoms with Crippen molar-refractivity contribution >= 4 is 23.1 Å². The summed E-state index contributed by atoms with van der Waals surface area (Å²) in [4.78, 5) is 19.1. The number of fused-ring (bicyclic) bond motifs is 1. The Labute approximate surface area is 157 Å². The third-order valence-corrected chi connectivity index (χ3v) is 5.89. The molecule has 5 nitrogen and oxygen atoms in total. The quantitative estimate of drug-likeness (QED) is 0.749. The lowest BCUT2D eigenvalue weighted by molar-refractivity contribution is 0.103. The minimum Gasteiger partial charge on any atom is -0.304 e. The van der Waals surface area contributed by atoms with E-state index in [1.165, 1.54) is 36.1 Å². The number of amides is 1. The second-order valence-electron chi connectivity index (χ2n) is 6.65. The van der Waals surface area contributed by atoms with Crippen LogP contribution in [0.2, 0.25) is 0 Å². The fourth-order valence-corrected chi connectivity index (χ4v) is 4.46. The Hall–Kier alpha value is -2.47. The molecular weight excluding hydrogens is 344 g/mol. The zero-order chi connectivity index (χ0) is 17.8. The Balaban J connectivity index is 1.43. The molecule has 4 rings (SSSR count). The number of pyridine rings is 1. The van der Waals surface area contributed by atoms with E-state index in [0.29, 0.717) is 12.4 Å². The molecule has 26 heavy (non-hydrogen) atoms. The largest absolute Gasteiger partial charge is 0.304 e. The molecule has 134 valence electrons. The van der Waals surface area contributed by atoms with Crippen molar-refractivity contribution in [2.24, 2.45) is 0 Å². The van der Waals surface area contributed by atoms with Crippen LogP contribution in [0.3, 0.4) is 0 Å². The summed E-state index contributed by atoms with van der Waals surface area (Å²) in [6.07, 6.45) is 10.9. The van der Waals surface area contributed by atoms with Crippen molar-refractivity contribution in [3.05, 3.63) is 63.7 Å². The monoisotopic (exact) mass is 366 g/mol. The van der Waals surface area contributed by atoms with Gasteiger partial charge in [-0.3, -0.25) is 14.5 Å². The molecule has 1 aliphatic rings. The van der Waals surface area contributed by atoms with Crippen LogP contribution in [0.25, 0.3) is 0 Å². The van der Waals surface area contributed by atoms with Gasteiger partial charge in [-0.25, -0.2) is 0 Å². The molecule has 0 fully saturated rings. The van der Waals surface area contributed by atoms with Gasteiger partial charge in [0.05, 0.1) is 17.1 Å². The van der Waals surface area contributed by atoms with Gasteiger partial charge in [0, 0.05) is 23.3 Å². The lowest BCUT2D eigenvalue weighted by atomic mass is 10.00. The summed E-state index contributed by atoms with van der Waals surface area (Å²) in [5.74, 6) is 0.511. The molecule has 1 N–H and O–H groups in total. The molecule has 0 aromatic carbocycles. The summed E-state index contributed by atoms with van der Waals surface area (Å²) in [5, 5.41) is 7.36. The van der Waals surface area contributed by atoms with Crippen LogP contribution in [-0.2, 0) is 19.4 Å². The first kappa shape index (κ1) is 17.0. The van der Waals surface area contributed by atoms with Crippen molar-refractivity contribution in [3.8, 4) is 0 Å². The fraction of sp³-hybridized carbons (Fsp3) is 0.350. The Morgan fingerprint density at radius 1 is 1.15 bits per heavy atom. The van der Waals surface area contributed by atoms with Gasteiger partial charge in [0.15, 0.2) is 5.82 Å². The van der Waals surface area contributed by atoms with Crippen LogP contribution in [-0.4, -0.2) is 20.7 Å². The molecule has 0 radical (unpaired) electrons. The smallest absolute Gasteiger partial charge is 0.266 e. The highest BCUT2D eigenvalue weighted by Crippen LogP contribution is 2.28. The molecule has 1 aliphatic carbocycles. The second-order valence-corrected chi connectivity index (χ2v) is 7.78. The molecule has 0 bridgehead atoms. The number of thiophene rings is 1. The maximum absolute atomic E-state index is 12.6. The minimum absolute atomic E-state index is 0.0650. The highest BCUT2D eigenvalue weighted by atomic mass is 32.1. The predicted octanol–water partition coefficient (Wildman–Crippen LogP) is 4.30. The van der Waals surface area contributed by atoms with Gasteiger partial charge in [-0.05, 0) is 49.4 Å². The van der Waals surface area contributed by atoms with Crippen molar-refractivity contribution < 1.29 is 4.79 Å². The Kier molecular flexibility index (Phi) is 5.11. The van der Waals surface area contributed by atoms with E-state index in [9.17, 15) is 4.79 Å². The summed E-state index contributed by atoms with van der Waals surface area (Å²) < 4.78 is 1.78. The maximum atomic E-state index is 12.6. The molecule has 0 saturated heterocycles. The summed E-state index contributed by atoms with van der Waals surface area (Å²) >= 11 is 1.64. The molecule has 0 aliphatic heterocycles. The van der Waals surface area contributed by atoms with Crippen LogP contribution in [0.1, 0.15) is 51.5 Å². The van der Waals surface area contributed by atoms with Crippen molar-refractivity contribution in [2.75, 3.05) is 5.32 Å². The van der Waals surface area contributed by atoms with E-state index < -0.39 is 0 Å². The van der Waals surface area contributed by atoms with Crippen LogP contribution in [0.4, 0.5) is 5.82 Å². The SMILES string of the molecule is O=C(Nc1ccn(Cc2ccccn2)n1)c1cc2c(s1)CCCCCC2. The second kappa shape index (κ2) is 7.83. The zero-order valence-electron chi connectivity index (χ0n) is 14.6. The number of anilines is 1. The van der Waals surface area contributed by atoms with E-state index in [2.05, 4.69) is 21.5 Å². The third kappa shape index (κ3) is 4.02. The van der Waals surface area contributed by atoms with E-state index in [4.69, 9.17) is 0 Å². The standard InChI is InChI=1S/C20H22N4OS/c25-20(18-13-15-7-3-1-2-4-9-17(15)26-18)22-19-10-12-24(23-19)14-16-8-5-6-11-21-16/h5-6,8,10-13H,1-4,7,9,14H2,(H,22,23,25). The van der Waals surface area contributed by atoms with Gasteiger partial charge in [0.2, 0.25) is 0 Å². The normalized spacial score (nSPS) is 14.3. The number of hydrogen-bond acceptors (Lipinski definition) is 4. The average molecular weight is 366 g/mol. The van der Waals surface area contributed by atoms with Crippen LogP contribution in [0.5, 0.6) is 0 Å². The summed E-state index contributed by atoms with van der Waals surface area (Å²) in [6.45, 7) is 0.587. The Bertz CT molecular complexity index is 859. The molecule has 0 atom stereocenters. The van der Waals surface area contributed by atoms with Gasteiger partial charge in [-0.1, -0.05) is 18.9 Å². The number of nitrogens with one attached hydrogen (secondary N) is 1. The summed E-state index contributed by atoms with van der Waals surface area (Å²) in [6, 6.07) is 9.71. The number of nitrogens with zero attached hydrogens (tertiary/aromatic N) is 3. The lowest BCUT2D eigenvalue weighted by Gasteiger charge is -2.07. The number of hydrogen-bond donors (Lipinski definition) is 1. The minimum atomic E-state index is -0.0650. The summed E-state index contributed by atoms with van der Waals surface area (Å²) in [5.41, 5.74) is 2.30. The molecule has 3 heterocycles. The number of aryl methyl sites for hydroxylation is 2. The van der Waals surface area contributed by atoms with Crippen LogP contribution >= 0.6 is 11.3 Å². The topological polar surface area (TPSA) is 59.8 Å². The molecule has 6 heteroatoms. The average Bonchev–Trinajstić information content (AvgIpc) is 3.23. The first-order valence-corrected chi connectivity index (χ1v) is 9.96. The molecule has 3 aromatic heterocycles. The highest BCUT2D eigenvalue weighted by molar-refractivity contribution is 7.14. The van der Waals surface area contributed by atoms with Crippen molar-refractivity contribution in [2.45, 2.75) is 45.1 Å². The zero-order valence-corrected chi connectivity index (χ0v) is 15.5. The maximum Gasteiger partial charge on any atom is 0.266 e. The fourth-order valence-electron chi connectivity index (χ4n) is 3.31. The molecule has 0 spiro atoms. The Morgan fingerprint density at radius 2 is 2.04 bits per heavy atom. The number of carbonyl (C=O) groups excluding carboxylic acids is 1.